The Morgan fingerprint density at radius 3 is 2.79 bits per heavy atom. The number of nitrogens with two attached hydrogens (primary N) is 1. The van der Waals surface area contributed by atoms with Crippen LogP contribution in [0.3, 0.4) is 0 Å². The summed E-state index contributed by atoms with van der Waals surface area (Å²) < 4.78 is 5.55. The van der Waals surface area contributed by atoms with Gasteiger partial charge in [0.15, 0.2) is 0 Å². The van der Waals surface area contributed by atoms with Crippen LogP contribution in [0.5, 0.6) is 0 Å². The zero-order valence-corrected chi connectivity index (χ0v) is 9.20. The molecule has 0 amide bonds. The van der Waals surface area contributed by atoms with Crippen LogP contribution in [0.1, 0.15) is 26.7 Å². The lowest BCUT2D eigenvalue weighted by Gasteiger charge is -2.04. The number of allylic oxidation sites excluding steroid dienone is 4. The number of unbranched alkanes of at least 4 members (excludes halogenated alkanes) is 1. The van der Waals surface area contributed by atoms with Gasteiger partial charge in [0.05, 0.1) is 6.61 Å². The van der Waals surface area contributed by atoms with Crippen molar-refractivity contribution in [2.75, 3.05) is 13.2 Å². The molecular formula is C12H21NO. The maximum atomic E-state index is 5.55. The summed E-state index contributed by atoms with van der Waals surface area (Å²) in [6, 6.07) is 0. The SMILES string of the molecule is C\C=C/C(=C\C=C\CN)OCCCC. The maximum Gasteiger partial charge on any atom is 0.118 e. The van der Waals surface area contributed by atoms with Crippen LogP contribution < -0.4 is 5.73 Å². The van der Waals surface area contributed by atoms with Crippen LogP contribution in [0, 0.1) is 0 Å². The predicted octanol–water partition coefficient (Wildman–Crippen LogP) is 2.78. The van der Waals surface area contributed by atoms with E-state index < -0.39 is 0 Å². The van der Waals surface area contributed by atoms with E-state index in [2.05, 4.69) is 6.92 Å². The number of hydrogen-bond donors (Lipinski definition) is 1. The van der Waals surface area contributed by atoms with E-state index in [0.29, 0.717) is 6.54 Å². The highest BCUT2D eigenvalue weighted by atomic mass is 16.5. The van der Waals surface area contributed by atoms with Gasteiger partial charge in [-0.2, -0.15) is 0 Å². The maximum absolute atomic E-state index is 5.55. The molecule has 0 saturated heterocycles. The van der Waals surface area contributed by atoms with E-state index in [1.807, 2.05) is 37.3 Å². The molecule has 0 atom stereocenters. The van der Waals surface area contributed by atoms with Gasteiger partial charge in [0.2, 0.25) is 0 Å². The third-order valence-corrected chi connectivity index (χ3v) is 1.63. The van der Waals surface area contributed by atoms with Gasteiger partial charge in [-0.05, 0) is 25.5 Å². The molecule has 0 saturated carbocycles. The molecule has 0 unspecified atom stereocenters. The number of rotatable bonds is 7. The third-order valence-electron chi connectivity index (χ3n) is 1.63. The highest BCUT2D eigenvalue weighted by Crippen LogP contribution is 2.02. The molecule has 0 aromatic heterocycles. The Kier molecular flexibility index (Phi) is 9.33. The van der Waals surface area contributed by atoms with Crippen molar-refractivity contribution in [3.8, 4) is 0 Å². The van der Waals surface area contributed by atoms with E-state index in [9.17, 15) is 0 Å². The summed E-state index contributed by atoms with van der Waals surface area (Å²) in [5.74, 6) is 0.894. The highest BCUT2D eigenvalue weighted by molar-refractivity contribution is 5.18. The monoisotopic (exact) mass is 195 g/mol. The van der Waals surface area contributed by atoms with Gasteiger partial charge in [0.25, 0.3) is 0 Å². The van der Waals surface area contributed by atoms with Crippen molar-refractivity contribution < 1.29 is 4.74 Å². The molecule has 0 aromatic carbocycles. The smallest absolute Gasteiger partial charge is 0.118 e. The molecule has 0 bridgehead atoms. The molecule has 0 aliphatic heterocycles. The minimum absolute atomic E-state index is 0.564. The molecule has 0 radical (unpaired) electrons. The third kappa shape index (κ3) is 7.62. The molecule has 80 valence electrons. The van der Waals surface area contributed by atoms with Crippen molar-refractivity contribution >= 4 is 0 Å². The van der Waals surface area contributed by atoms with Crippen LogP contribution in [0.2, 0.25) is 0 Å². The molecule has 0 aromatic rings. The predicted molar refractivity (Wildman–Crippen MR) is 62.0 cm³/mol. The molecule has 14 heavy (non-hydrogen) atoms. The van der Waals surface area contributed by atoms with Crippen LogP contribution in [-0.2, 0) is 4.74 Å². The Bertz CT molecular complexity index is 204. The standard InChI is InChI=1S/C12H21NO/c1-3-5-11-14-12(8-4-2)9-6-7-10-13/h4,6-9H,3,5,10-11,13H2,1-2H3/b7-6+,8-4-,12-9+. The normalized spacial score (nSPS) is 12.9. The van der Waals surface area contributed by atoms with Gasteiger partial charge in [0.1, 0.15) is 5.76 Å². The fourth-order valence-corrected chi connectivity index (χ4v) is 0.892. The first-order valence-corrected chi connectivity index (χ1v) is 5.17. The lowest BCUT2D eigenvalue weighted by molar-refractivity contribution is 0.219. The first-order chi connectivity index (χ1) is 6.85. The largest absolute Gasteiger partial charge is 0.494 e. The van der Waals surface area contributed by atoms with E-state index in [4.69, 9.17) is 10.5 Å². The first-order valence-electron chi connectivity index (χ1n) is 5.17. The van der Waals surface area contributed by atoms with E-state index >= 15 is 0 Å². The van der Waals surface area contributed by atoms with Crippen LogP contribution in [0.15, 0.2) is 36.1 Å². The van der Waals surface area contributed by atoms with E-state index in [0.717, 1.165) is 25.2 Å². The Hall–Kier alpha value is -1.02. The summed E-state index contributed by atoms with van der Waals surface area (Å²) in [5, 5.41) is 0. The van der Waals surface area contributed by atoms with Gasteiger partial charge < -0.3 is 10.5 Å². The molecule has 0 rings (SSSR count). The van der Waals surface area contributed by atoms with E-state index in [1.54, 1.807) is 0 Å². The quantitative estimate of drug-likeness (QED) is 0.385. The highest BCUT2D eigenvalue weighted by Gasteiger charge is 1.90. The topological polar surface area (TPSA) is 35.2 Å². The fourth-order valence-electron chi connectivity index (χ4n) is 0.892. The molecule has 0 aliphatic rings. The van der Waals surface area contributed by atoms with Gasteiger partial charge in [-0.3, -0.25) is 0 Å². The summed E-state index contributed by atoms with van der Waals surface area (Å²) in [7, 11) is 0. The molecule has 0 fully saturated rings. The average Bonchev–Trinajstić information content (AvgIpc) is 2.18. The summed E-state index contributed by atoms with van der Waals surface area (Å²) in [6.45, 7) is 5.47. The summed E-state index contributed by atoms with van der Waals surface area (Å²) in [6.07, 6.45) is 11.9. The Morgan fingerprint density at radius 1 is 1.43 bits per heavy atom. The average molecular weight is 195 g/mol. The molecule has 2 N–H and O–H groups in total. The van der Waals surface area contributed by atoms with Gasteiger partial charge in [0, 0.05) is 6.54 Å². The summed E-state index contributed by atoms with van der Waals surface area (Å²) in [5.41, 5.74) is 5.34. The summed E-state index contributed by atoms with van der Waals surface area (Å²) in [4.78, 5) is 0. The van der Waals surface area contributed by atoms with Crippen LogP contribution in [-0.4, -0.2) is 13.2 Å². The second kappa shape index (κ2) is 10.1. The van der Waals surface area contributed by atoms with Gasteiger partial charge in [-0.15, -0.1) is 0 Å². The molecule has 2 heteroatoms. The molecule has 0 heterocycles. The number of ether oxygens (including phenoxy) is 1. The first kappa shape index (κ1) is 13.0. The van der Waals surface area contributed by atoms with Crippen molar-refractivity contribution in [2.45, 2.75) is 26.7 Å². The van der Waals surface area contributed by atoms with Crippen molar-refractivity contribution in [3.05, 3.63) is 36.1 Å². The van der Waals surface area contributed by atoms with Crippen molar-refractivity contribution in [1.82, 2.24) is 0 Å². The molecule has 2 nitrogen and oxygen atoms in total. The van der Waals surface area contributed by atoms with Gasteiger partial charge in [-0.1, -0.05) is 31.6 Å². The zero-order chi connectivity index (χ0) is 10.6. The second-order valence-electron chi connectivity index (χ2n) is 2.93. The van der Waals surface area contributed by atoms with E-state index in [1.165, 1.54) is 0 Å². The Labute approximate surface area is 87.1 Å². The number of hydrogen-bond acceptors (Lipinski definition) is 2. The lowest BCUT2D eigenvalue weighted by Crippen LogP contribution is -1.93. The van der Waals surface area contributed by atoms with Crippen molar-refractivity contribution in [3.63, 3.8) is 0 Å². The van der Waals surface area contributed by atoms with Crippen LogP contribution in [0.4, 0.5) is 0 Å². The van der Waals surface area contributed by atoms with Crippen molar-refractivity contribution in [1.29, 1.82) is 0 Å². The molecular weight excluding hydrogens is 174 g/mol. The van der Waals surface area contributed by atoms with Crippen LogP contribution >= 0.6 is 0 Å². The Morgan fingerprint density at radius 2 is 2.21 bits per heavy atom. The molecule has 0 aliphatic carbocycles. The van der Waals surface area contributed by atoms with Gasteiger partial charge >= 0.3 is 0 Å². The minimum Gasteiger partial charge on any atom is -0.494 e. The van der Waals surface area contributed by atoms with Crippen molar-refractivity contribution in [2.24, 2.45) is 5.73 Å². The van der Waals surface area contributed by atoms with Gasteiger partial charge in [-0.25, -0.2) is 0 Å². The fraction of sp³-hybridized carbons (Fsp3) is 0.500. The summed E-state index contributed by atoms with van der Waals surface area (Å²) >= 11 is 0. The van der Waals surface area contributed by atoms with E-state index in [-0.39, 0.29) is 0 Å². The molecule has 0 spiro atoms. The van der Waals surface area contributed by atoms with Crippen LogP contribution in [0.25, 0.3) is 0 Å². The zero-order valence-electron chi connectivity index (χ0n) is 9.20. The lowest BCUT2D eigenvalue weighted by atomic mass is 10.3. The second-order valence-corrected chi connectivity index (χ2v) is 2.93. The minimum atomic E-state index is 0.564. The Balaban J connectivity index is 4.00.